The largest absolute Gasteiger partial charge is 0.313 e. The fraction of sp³-hybridized carbons (Fsp3) is 0.600. The number of hydrogen-bond donors (Lipinski definition) is 2. The first-order chi connectivity index (χ1) is 9.94. The van der Waals surface area contributed by atoms with Crippen LogP contribution in [0.1, 0.15) is 38.7 Å². The van der Waals surface area contributed by atoms with Crippen LogP contribution in [0.25, 0.3) is 0 Å². The number of sulfonamides is 1. The molecule has 6 heteroatoms. The zero-order valence-corrected chi connectivity index (χ0v) is 14.9. The highest BCUT2D eigenvalue weighted by atomic mass is 79.9. The van der Waals surface area contributed by atoms with Gasteiger partial charge in [0.05, 0.1) is 4.90 Å². The van der Waals surface area contributed by atoms with Crippen molar-refractivity contribution in [3.05, 3.63) is 28.2 Å². The van der Waals surface area contributed by atoms with Crippen molar-refractivity contribution in [3.63, 3.8) is 0 Å². The minimum absolute atomic E-state index is 0.0586. The second kappa shape index (κ2) is 7.22. The van der Waals surface area contributed by atoms with E-state index in [9.17, 15) is 8.42 Å². The van der Waals surface area contributed by atoms with Crippen molar-refractivity contribution in [2.75, 3.05) is 6.54 Å². The van der Waals surface area contributed by atoms with Crippen LogP contribution in [0.3, 0.4) is 0 Å². The Hall–Kier alpha value is -0.430. The first-order valence-electron chi connectivity index (χ1n) is 7.45. The molecule has 0 radical (unpaired) electrons. The average Bonchev–Trinajstić information content (AvgIpc) is 2.81. The van der Waals surface area contributed by atoms with Gasteiger partial charge in [-0.05, 0) is 58.9 Å². The van der Waals surface area contributed by atoms with Gasteiger partial charge in [-0.15, -0.1) is 0 Å². The molecule has 1 aromatic rings. The van der Waals surface area contributed by atoms with Crippen molar-refractivity contribution in [1.29, 1.82) is 0 Å². The summed E-state index contributed by atoms with van der Waals surface area (Å²) in [6, 6.07) is 5.47. The Bertz CT molecular complexity index is 589. The molecule has 1 aromatic carbocycles. The number of benzene rings is 1. The maximum atomic E-state index is 12.5. The van der Waals surface area contributed by atoms with Gasteiger partial charge in [-0.1, -0.05) is 26.3 Å². The van der Waals surface area contributed by atoms with E-state index < -0.39 is 10.0 Å². The molecule has 2 unspecified atom stereocenters. The summed E-state index contributed by atoms with van der Waals surface area (Å²) in [5, 5.41) is 3.23. The van der Waals surface area contributed by atoms with Crippen LogP contribution in [0.4, 0.5) is 0 Å². The van der Waals surface area contributed by atoms with Gasteiger partial charge in [-0.3, -0.25) is 0 Å². The van der Waals surface area contributed by atoms with E-state index in [1.165, 1.54) is 0 Å². The molecular weight excluding hydrogens is 352 g/mol. The summed E-state index contributed by atoms with van der Waals surface area (Å²) >= 11 is 3.39. The molecule has 0 aliphatic heterocycles. The minimum Gasteiger partial charge on any atom is -0.313 e. The molecule has 4 nitrogen and oxygen atoms in total. The molecule has 1 aliphatic carbocycles. The molecule has 0 aromatic heterocycles. The lowest BCUT2D eigenvalue weighted by Gasteiger charge is -2.18. The number of nitrogens with one attached hydrogen (secondary N) is 2. The Morgan fingerprint density at radius 1 is 1.33 bits per heavy atom. The summed E-state index contributed by atoms with van der Waals surface area (Å²) in [6.45, 7) is 5.77. The highest BCUT2D eigenvalue weighted by molar-refractivity contribution is 9.10. The van der Waals surface area contributed by atoms with Gasteiger partial charge in [0, 0.05) is 17.1 Å². The van der Waals surface area contributed by atoms with Gasteiger partial charge in [-0.25, -0.2) is 13.1 Å². The highest BCUT2D eigenvalue weighted by Crippen LogP contribution is 2.28. The predicted molar refractivity (Wildman–Crippen MR) is 88.6 cm³/mol. The first-order valence-corrected chi connectivity index (χ1v) is 9.73. The summed E-state index contributed by atoms with van der Waals surface area (Å²) in [5.41, 5.74) is 1.07. The molecule has 2 atom stereocenters. The van der Waals surface area contributed by atoms with Crippen LogP contribution < -0.4 is 10.0 Å². The molecule has 1 aliphatic rings. The van der Waals surface area contributed by atoms with Gasteiger partial charge < -0.3 is 5.32 Å². The van der Waals surface area contributed by atoms with E-state index in [2.05, 4.69) is 32.9 Å². The molecule has 21 heavy (non-hydrogen) atoms. The fourth-order valence-corrected chi connectivity index (χ4v) is 5.23. The fourth-order valence-electron chi connectivity index (χ4n) is 2.72. The maximum absolute atomic E-state index is 12.5. The standard InChI is InChI=1S/C15H23BrN2O2S/c1-3-17-10-12-7-8-15(13(16)9-12)21(19,20)18-14-6-4-5-11(14)2/h7-9,11,14,17-18H,3-6,10H2,1-2H3. The third-order valence-electron chi connectivity index (χ3n) is 4.03. The Balaban J connectivity index is 2.16. The molecule has 0 amide bonds. The Morgan fingerprint density at radius 2 is 2.10 bits per heavy atom. The van der Waals surface area contributed by atoms with E-state index in [1.807, 2.05) is 19.1 Å². The summed E-state index contributed by atoms with van der Waals surface area (Å²) in [7, 11) is -3.46. The van der Waals surface area contributed by atoms with Crippen molar-refractivity contribution in [3.8, 4) is 0 Å². The van der Waals surface area contributed by atoms with E-state index >= 15 is 0 Å². The van der Waals surface area contributed by atoms with Crippen molar-refractivity contribution in [1.82, 2.24) is 10.0 Å². The third kappa shape index (κ3) is 4.28. The van der Waals surface area contributed by atoms with Crippen LogP contribution in [0.15, 0.2) is 27.6 Å². The monoisotopic (exact) mass is 374 g/mol. The zero-order valence-electron chi connectivity index (χ0n) is 12.5. The summed E-state index contributed by atoms with van der Waals surface area (Å²) in [5.74, 6) is 0.409. The van der Waals surface area contributed by atoms with E-state index in [0.29, 0.717) is 15.3 Å². The summed E-state index contributed by atoms with van der Waals surface area (Å²) in [4.78, 5) is 0.321. The second-order valence-electron chi connectivity index (χ2n) is 5.68. The predicted octanol–water partition coefficient (Wildman–Crippen LogP) is 3.03. The first kappa shape index (κ1) is 16.9. The van der Waals surface area contributed by atoms with Gasteiger partial charge >= 0.3 is 0 Å². The van der Waals surface area contributed by atoms with Crippen molar-refractivity contribution < 1.29 is 8.42 Å². The lowest BCUT2D eigenvalue weighted by molar-refractivity contribution is 0.476. The number of halogens is 1. The summed E-state index contributed by atoms with van der Waals surface area (Å²) in [6.07, 6.45) is 3.11. The normalized spacial score (nSPS) is 22.6. The van der Waals surface area contributed by atoms with Crippen molar-refractivity contribution >= 4 is 26.0 Å². The number of hydrogen-bond acceptors (Lipinski definition) is 3. The van der Waals surface area contributed by atoms with Crippen LogP contribution >= 0.6 is 15.9 Å². The average molecular weight is 375 g/mol. The lowest BCUT2D eigenvalue weighted by atomic mass is 10.1. The molecule has 0 saturated heterocycles. The highest BCUT2D eigenvalue weighted by Gasteiger charge is 2.29. The van der Waals surface area contributed by atoms with Crippen LogP contribution in [-0.4, -0.2) is 21.0 Å². The molecule has 2 N–H and O–H groups in total. The molecule has 118 valence electrons. The summed E-state index contributed by atoms with van der Waals surface area (Å²) < 4.78 is 28.5. The lowest BCUT2D eigenvalue weighted by Crippen LogP contribution is -2.36. The Kier molecular flexibility index (Phi) is 5.82. The molecular formula is C15H23BrN2O2S. The molecule has 0 heterocycles. The van der Waals surface area contributed by atoms with Crippen molar-refractivity contribution in [2.45, 2.75) is 50.6 Å². The topological polar surface area (TPSA) is 58.2 Å². The van der Waals surface area contributed by atoms with Gasteiger partial charge in [0.25, 0.3) is 0 Å². The molecule has 1 saturated carbocycles. The second-order valence-corrected chi connectivity index (χ2v) is 8.22. The Labute approximate surface area is 135 Å². The van der Waals surface area contributed by atoms with Gasteiger partial charge in [0.2, 0.25) is 10.0 Å². The van der Waals surface area contributed by atoms with E-state index in [1.54, 1.807) is 6.07 Å². The van der Waals surface area contributed by atoms with Gasteiger partial charge in [-0.2, -0.15) is 0 Å². The van der Waals surface area contributed by atoms with Gasteiger partial charge in [0.15, 0.2) is 0 Å². The smallest absolute Gasteiger partial charge is 0.241 e. The molecule has 0 bridgehead atoms. The molecule has 0 spiro atoms. The van der Waals surface area contributed by atoms with E-state index in [0.717, 1.165) is 37.9 Å². The number of rotatable bonds is 6. The van der Waals surface area contributed by atoms with Crippen LogP contribution in [0.2, 0.25) is 0 Å². The Morgan fingerprint density at radius 3 is 2.67 bits per heavy atom. The van der Waals surface area contributed by atoms with Gasteiger partial charge in [0.1, 0.15) is 0 Å². The van der Waals surface area contributed by atoms with Crippen LogP contribution in [0.5, 0.6) is 0 Å². The third-order valence-corrected chi connectivity index (χ3v) is 6.50. The SMILES string of the molecule is CCNCc1ccc(S(=O)(=O)NC2CCCC2C)c(Br)c1. The quantitative estimate of drug-likeness (QED) is 0.804. The van der Waals surface area contributed by atoms with Crippen LogP contribution in [-0.2, 0) is 16.6 Å². The maximum Gasteiger partial charge on any atom is 0.241 e. The zero-order chi connectivity index (χ0) is 15.5. The van der Waals surface area contributed by atoms with Crippen LogP contribution in [0, 0.1) is 5.92 Å². The minimum atomic E-state index is -3.46. The van der Waals surface area contributed by atoms with E-state index in [-0.39, 0.29) is 6.04 Å². The van der Waals surface area contributed by atoms with E-state index in [4.69, 9.17) is 0 Å². The molecule has 2 rings (SSSR count). The molecule has 1 fully saturated rings. The van der Waals surface area contributed by atoms with Crippen molar-refractivity contribution in [2.24, 2.45) is 5.92 Å².